The summed E-state index contributed by atoms with van der Waals surface area (Å²) in [5.74, 6) is 1.59. The fraction of sp³-hybridized carbons (Fsp3) is 0.182. The Morgan fingerprint density at radius 2 is 1.93 bits per heavy atom. The molecule has 4 rings (SSSR count). The second kappa shape index (κ2) is 8.20. The lowest BCUT2D eigenvalue weighted by molar-refractivity contribution is 0.0995. The van der Waals surface area contributed by atoms with Crippen LogP contribution in [0, 0.1) is 0 Å². The van der Waals surface area contributed by atoms with E-state index in [1.165, 1.54) is 15.6 Å². The Morgan fingerprint density at radius 3 is 2.67 bits per heavy atom. The third kappa shape index (κ3) is 3.93. The number of hydrogen-bond acceptors (Lipinski definition) is 6. The summed E-state index contributed by atoms with van der Waals surface area (Å²) in [5.41, 5.74) is 1.97. The topological polar surface area (TPSA) is 86.5 Å². The summed E-state index contributed by atoms with van der Waals surface area (Å²) < 4.78 is 12.5. The average molecular weight is 404 g/mol. The predicted molar refractivity (Wildman–Crippen MR) is 111 cm³/mol. The fourth-order valence-electron chi connectivity index (χ4n) is 3.10. The smallest absolute Gasteiger partial charge is 0.266 e. The third-order valence-electron chi connectivity index (χ3n) is 4.66. The van der Waals surface area contributed by atoms with E-state index in [1.807, 2.05) is 18.2 Å². The molecule has 1 aliphatic heterocycles. The lowest BCUT2D eigenvalue weighted by Gasteiger charge is -2.14. The van der Waals surface area contributed by atoms with E-state index >= 15 is 0 Å². The maximum Gasteiger partial charge on any atom is 0.266 e. The van der Waals surface area contributed by atoms with Gasteiger partial charge in [-0.2, -0.15) is 5.10 Å². The minimum absolute atomic E-state index is 0.153. The highest BCUT2D eigenvalue weighted by atomic mass is 16.5. The van der Waals surface area contributed by atoms with E-state index in [4.69, 9.17) is 9.47 Å². The van der Waals surface area contributed by atoms with Crippen LogP contribution >= 0.6 is 0 Å². The molecule has 0 unspecified atom stereocenters. The summed E-state index contributed by atoms with van der Waals surface area (Å²) in [4.78, 5) is 30.1. The van der Waals surface area contributed by atoms with Crippen LogP contribution in [0.1, 0.15) is 21.6 Å². The molecular formula is C22H20N4O4. The van der Waals surface area contributed by atoms with Gasteiger partial charge in [0.1, 0.15) is 24.7 Å². The molecule has 1 amide bonds. The van der Waals surface area contributed by atoms with E-state index in [2.05, 4.69) is 16.7 Å². The van der Waals surface area contributed by atoms with Gasteiger partial charge < -0.3 is 9.47 Å². The highest BCUT2D eigenvalue weighted by Crippen LogP contribution is 2.29. The second-order valence-electron chi connectivity index (χ2n) is 6.74. The van der Waals surface area contributed by atoms with Gasteiger partial charge >= 0.3 is 0 Å². The number of aromatic nitrogens is 3. The molecular weight excluding hydrogens is 384 g/mol. The van der Waals surface area contributed by atoms with Crippen LogP contribution in [-0.4, -0.2) is 27.3 Å². The highest BCUT2D eigenvalue weighted by Gasteiger charge is 2.30. The molecule has 0 bridgehead atoms. The SMILES string of the molecule is C=CCOc1ccc(COc2ccc3c(c2)CN(c2ccc(=O)n(C)n2)C3=O)nc1. The van der Waals surface area contributed by atoms with Crippen LogP contribution in [0.5, 0.6) is 11.5 Å². The first-order valence-electron chi connectivity index (χ1n) is 9.36. The van der Waals surface area contributed by atoms with Crippen molar-refractivity contribution in [3.8, 4) is 11.5 Å². The monoisotopic (exact) mass is 404 g/mol. The molecule has 3 heterocycles. The van der Waals surface area contributed by atoms with Gasteiger partial charge in [0.15, 0.2) is 5.82 Å². The lowest BCUT2D eigenvalue weighted by Crippen LogP contribution is -2.28. The van der Waals surface area contributed by atoms with E-state index in [1.54, 1.807) is 37.5 Å². The molecule has 8 heteroatoms. The predicted octanol–water partition coefficient (Wildman–Crippen LogP) is 2.48. The van der Waals surface area contributed by atoms with Crippen molar-refractivity contribution in [3.63, 3.8) is 0 Å². The van der Waals surface area contributed by atoms with Crippen molar-refractivity contribution in [2.75, 3.05) is 11.5 Å². The van der Waals surface area contributed by atoms with Crippen LogP contribution in [-0.2, 0) is 20.2 Å². The number of carbonyl (C=O) groups excluding carboxylic acids is 1. The Balaban J connectivity index is 1.44. The zero-order valence-corrected chi connectivity index (χ0v) is 16.4. The number of nitrogens with zero attached hydrogens (tertiary/aromatic N) is 4. The molecule has 1 aliphatic rings. The Kier molecular flexibility index (Phi) is 5.30. The maximum atomic E-state index is 12.7. The normalized spacial score (nSPS) is 12.6. The molecule has 0 N–H and O–H groups in total. The Hall–Kier alpha value is -3.94. The van der Waals surface area contributed by atoms with Gasteiger partial charge in [0.2, 0.25) is 0 Å². The summed E-state index contributed by atoms with van der Waals surface area (Å²) in [6.45, 7) is 4.69. The van der Waals surface area contributed by atoms with E-state index in [9.17, 15) is 9.59 Å². The largest absolute Gasteiger partial charge is 0.488 e. The number of aryl methyl sites for hydroxylation is 1. The van der Waals surface area contributed by atoms with Crippen molar-refractivity contribution in [1.82, 2.24) is 14.8 Å². The Labute approximate surface area is 173 Å². The molecule has 0 radical (unpaired) electrons. The zero-order chi connectivity index (χ0) is 21.1. The van der Waals surface area contributed by atoms with Gasteiger partial charge in [0.05, 0.1) is 18.4 Å². The number of pyridine rings is 1. The number of rotatable bonds is 7. The number of fused-ring (bicyclic) bond motifs is 1. The maximum absolute atomic E-state index is 12.7. The summed E-state index contributed by atoms with van der Waals surface area (Å²) in [7, 11) is 1.55. The number of hydrogen-bond donors (Lipinski definition) is 0. The van der Waals surface area contributed by atoms with E-state index in [0.717, 1.165) is 11.3 Å². The minimum atomic E-state index is -0.229. The van der Waals surface area contributed by atoms with Crippen molar-refractivity contribution in [2.45, 2.75) is 13.2 Å². The number of anilines is 1. The number of ether oxygens (including phenoxy) is 2. The fourth-order valence-corrected chi connectivity index (χ4v) is 3.10. The highest BCUT2D eigenvalue weighted by molar-refractivity contribution is 6.09. The van der Waals surface area contributed by atoms with Crippen molar-refractivity contribution >= 4 is 11.7 Å². The summed E-state index contributed by atoms with van der Waals surface area (Å²) in [6.07, 6.45) is 3.31. The van der Waals surface area contributed by atoms with Crippen LogP contribution < -0.4 is 19.9 Å². The van der Waals surface area contributed by atoms with Crippen LogP contribution in [0.15, 0.2) is 66.1 Å². The average Bonchev–Trinajstić information content (AvgIpc) is 3.09. The van der Waals surface area contributed by atoms with Crippen molar-refractivity contribution in [1.29, 1.82) is 0 Å². The van der Waals surface area contributed by atoms with E-state index in [-0.39, 0.29) is 11.5 Å². The van der Waals surface area contributed by atoms with Crippen molar-refractivity contribution in [3.05, 3.63) is 88.5 Å². The first kappa shape index (κ1) is 19.4. The lowest BCUT2D eigenvalue weighted by atomic mass is 10.1. The molecule has 1 aromatic carbocycles. The minimum Gasteiger partial charge on any atom is -0.488 e. The van der Waals surface area contributed by atoms with Gasteiger partial charge in [-0.25, -0.2) is 4.68 Å². The van der Waals surface area contributed by atoms with Gasteiger partial charge in [-0.3, -0.25) is 19.5 Å². The molecule has 3 aromatic rings. The van der Waals surface area contributed by atoms with Gasteiger partial charge in [0, 0.05) is 18.7 Å². The third-order valence-corrected chi connectivity index (χ3v) is 4.66. The second-order valence-corrected chi connectivity index (χ2v) is 6.74. The van der Waals surface area contributed by atoms with E-state index in [0.29, 0.717) is 42.6 Å². The zero-order valence-electron chi connectivity index (χ0n) is 16.4. The Bertz CT molecular complexity index is 1150. The van der Waals surface area contributed by atoms with Gasteiger partial charge in [-0.15, -0.1) is 0 Å². The van der Waals surface area contributed by atoms with Crippen LogP contribution in [0.2, 0.25) is 0 Å². The van der Waals surface area contributed by atoms with Crippen molar-refractivity contribution in [2.24, 2.45) is 7.05 Å². The first-order valence-corrected chi connectivity index (χ1v) is 9.36. The molecule has 0 saturated carbocycles. The molecule has 30 heavy (non-hydrogen) atoms. The number of amides is 1. The van der Waals surface area contributed by atoms with Gasteiger partial charge in [-0.1, -0.05) is 12.7 Å². The van der Waals surface area contributed by atoms with Crippen molar-refractivity contribution < 1.29 is 14.3 Å². The van der Waals surface area contributed by atoms with Gasteiger partial charge in [-0.05, 0) is 42.0 Å². The quantitative estimate of drug-likeness (QED) is 0.563. The summed E-state index contributed by atoms with van der Waals surface area (Å²) >= 11 is 0. The van der Waals surface area contributed by atoms with Gasteiger partial charge in [0.25, 0.3) is 11.5 Å². The van der Waals surface area contributed by atoms with Crippen LogP contribution in [0.4, 0.5) is 5.82 Å². The summed E-state index contributed by atoms with van der Waals surface area (Å²) in [6, 6.07) is 12.0. The summed E-state index contributed by atoms with van der Waals surface area (Å²) in [5, 5.41) is 4.17. The molecule has 0 aliphatic carbocycles. The van der Waals surface area contributed by atoms with E-state index < -0.39 is 0 Å². The standard InChI is InChI=1S/C22H20N4O4/c1-3-10-29-18-5-4-16(23-12-18)14-30-17-6-7-19-15(11-17)13-26(22(19)28)20-8-9-21(27)25(2)24-20/h3-9,11-12H,1,10,13-14H2,2H3. The van der Waals surface area contributed by atoms with Crippen LogP contribution in [0.3, 0.4) is 0 Å². The molecule has 152 valence electrons. The first-order chi connectivity index (χ1) is 14.5. The Morgan fingerprint density at radius 1 is 1.10 bits per heavy atom. The molecule has 0 spiro atoms. The molecule has 2 aromatic heterocycles. The van der Waals surface area contributed by atoms with Crippen LogP contribution in [0.25, 0.3) is 0 Å². The molecule has 0 saturated heterocycles. The number of carbonyl (C=O) groups is 1. The molecule has 0 atom stereocenters. The molecule has 8 nitrogen and oxygen atoms in total. The number of benzene rings is 1. The molecule has 0 fully saturated rings.